The van der Waals surface area contributed by atoms with Crippen molar-refractivity contribution in [1.82, 2.24) is 9.80 Å². The van der Waals surface area contributed by atoms with E-state index in [0.29, 0.717) is 40.7 Å². The van der Waals surface area contributed by atoms with E-state index in [1.54, 1.807) is 42.5 Å². The number of carbonyl (C=O) groups is 2. The Labute approximate surface area is 346 Å². The number of aliphatic hydroxyl groups excluding tert-OH is 2. The Kier molecular flexibility index (Phi) is 15.6. The van der Waals surface area contributed by atoms with Crippen molar-refractivity contribution >= 4 is 39.7 Å². The molecule has 0 fully saturated rings. The summed E-state index contributed by atoms with van der Waals surface area (Å²) in [4.78, 5) is 37.5. The number of likely N-dealkylation sites (N-methyl/N-ethyl adjacent to an activating group) is 2. The summed E-state index contributed by atoms with van der Waals surface area (Å²) in [5.74, 6) is 7.42. The number of hydrogen-bond acceptors (Lipinski definition) is 10. The van der Waals surface area contributed by atoms with E-state index in [0.717, 1.165) is 4.47 Å². The molecule has 2 unspecified atom stereocenters. The first-order valence-electron chi connectivity index (χ1n) is 17.5. The minimum atomic E-state index is -2.95. The van der Waals surface area contributed by atoms with Crippen LogP contribution in [0.2, 0.25) is 0 Å². The molecule has 0 spiro atoms. The monoisotopic (exact) mass is 878 g/mol. The van der Waals surface area contributed by atoms with Gasteiger partial charge < -0.3 is 31.2 Å². The van der Waals surface area contributed by atoms with Gasteiger partial charge in [0.1, 0.15) is 11.5 Å². The molecule has 4 aromatic carbocycles. The van der Waals surface area contributed by atoms with E-state index in [9.17, 15) is 27.2 Å². The summed E-state index contributed by atoms with van der Waals surface area (Å²) < 4.78 is 59.1. The normalized spacial score (nSPS) is 18.1. The second-order valence-electron chi connectivity index (χ2n) is 12.4. The minimum Gasteiger partial charge on any atom is -0.435 e. The number of nitrogens with zero attached hydrogens (tertiary/aromatic N) is 4. The van der Waals surface area contributed by atoms with Crippen molar-refractivity contribution in [2.24, 2.45) is 21.5 Å². The number of halogens is 5. The van der Waals surface area contributed by atoms with Crippen molar-refractivity contribution in [2.75, 3.05) is 27.3 Å². The zero-order chi connectivity index (χ0) is 43.3. The Hall–Kier alpha value is -6.40. The molecule has 2 amide bonds. The third-order valence-corrected chi connectivity index (χ3v) is 9.22. The molecule has 6 N–H and O–H groups in total. The lowest BCUT2D eigenvalue weighted by atomic mass is 9.82. The first kappa shape index (κ1) is 45.3. The lowest BCUT2D eigenvalue weighted by molar-refractivity contribution is -0.130. The van der Waals surface area contributed by atoms with Gasteiger partial charge in [0.25, 0.3) is 11.8 Å². The number of aliphatic imine (C=N–C) groups is 2. The number of terminal acetylenes is 1. The maximum atomic E-state index is 13.2. The third kappa shape index (κ3) is 10.4. The van der Waals surface area contributed by atoms with Gasteiger partial charge in [0.15, 0.2) is 23.0 Å². The largest absolute Gasteiger partial charge is 0.435 e. The number of amides is 2. The summed E-state index contributed by atoms with van der Waals surface area (Å²) in [7, 11) is 3.05. The molecule has 0 bridgehead atoms. The summed E-state index contributed by atoms with van der Waals surface area (Å²) in [6.07, 6.45) is 5.53. The number of rotatable bonds is 10. The van der Waals surface area contributed by atoms with E-state index in [-0.39, 0.29) is 48.4 Å². The molecule has 6 rings (SSSR count). The Bertz CT molecular complexity index is 2280. The summed E-state index contributed by atoms with van der Waals surface area (Å²) >= 11 is 3.39. The quantitative estimate of drug-likeness (QED) is 0.125. The highest BCUT2D eigenvalue weighted by molar-refractivity contribution is 9.10. The van der Waals surface area contributed by atoms with Gasteiger partial charge in [-0.05, 0) is 70.8 Å². The van der Waals surface area contributed by atoms with Crippen molar-refractivity contribution in [2.45, 2.75) is 37.1 Å². The van der Waals surface area contributed by atoms with Gasteiger partial charge in [-0.15, -0.1) is 12.3 Å². The minimum absolute atomic E-state index is 0.00102. The zero-order valence-corrected chi connectivity index (χ0v) is 33.2. The molecular formula is C42H39BrF4N6O6. The fourth-order valence-corrected chi connectivity index (χ4v) is 6.34. The van der Waals surface area contributed by atoms with Crippen LogP contribution in [0.5, 0.6) is 11.5 Å². The number of guanidine groups is 2. The predicted octanol–water partition coefficient (Wildman–Crippen LogP) is 5.14. The molecule has 4 aromatic rings. The van der Waals surface area contributed by atoms with E-state index in [4.69, 9.17) is 28.1 Å². The van der Waals surface area contributed by atoms with Gasteiger partial charge in [0, 0.05) is 37.0 Å². The molecule has 2 aliphatic heterocycles. The molecular weight excluding hydrogens is 840 g/mol. The number of aliphatic hydroxyl groups is 2. The molecule has 0 aromatic heterocycles. The molecule has 17 heteroatoms. The van der Waals surface area contributed by atoms with Crippen LogP contribution in [0.1, 0.15) is 40.7 Å². The Morgan fingerprint density at radius 3 is 1.51 bits per heavy atom. The molecule has 0 aliphatic carbocycles. The number of carbonyl (C=O) groups excluding carboxylic acids is 2. The van der Waals surface area contributed by atoms with Crippen LogP contribution in [0.4, 0.5) is 17.6 Å². The van der Waals surface area contributed by atoms with Gasteiger partial charge in [-0.25, -0.2) is 9.98 Å². The number of alkyl halides is 4. The van der Waals surface area contributed by atoms with Crippen LogP contribution in [-0.2, 0) is 20.7 Å². The van der Waals surface area contributed by atoms with Gasteiger partial charge >= 0.3 is 13.2 Å². The first-order valence-corrected chi connectivity index (χ1v) is 18.3. The average molecular weight is 880 g/mol. The van der Waals surface area contributed by atoms with Crippen molar-refractivity contribution < 1.29 is 46.8 Å². The molecule has 0 radical (unpaired) electrons. The fourth-order valence-electron chi connectivity index (χ4n) is 5.94. The lowest BCUT2D eigenvalue weighted by Crippen LogP contribution is -2.41. The Morgan fingerprint density at radius 1 is 0.712 bits per heavy atom. The van der Waals surface area contributed by atoms with Crippen molar-refractivity contribution in [3.63, 3.8) is 0 Å². The highest BCUT2D eigenvalue weighted by atomic mass is 79.9. The van der Waals surface area contributed by atoms with Crippen LogP contribution in [0.3, 0.4) is 0 Å². The topological polar surface area (TPSA) is 176 Å². The van der Waals surface area contributed by atoms with Gasteiger partial charge in [0.2, 0.25) is 0 Å². The Balaban J connectivity index is 0.000000236. The standard InChI is InChI=1S/C21H19F2N3O3.C17H14BrF2N3O2.C4H6O/c1-26-18(28)21(25-20(26)24,15-8-10-17(11-9-15)29-19(22)23)16-7-4-6-14(13-16)5-2-3-12-27;1-23-14(24)17(22-16(23)21,11-3-2-4-12(18)9-11)10-5-7-13(8-6-10)25-15(19)20;1-2-3-4-5/h4,6-11,13,19,27H,3,12H2,1H3,(H2,24,25);2-9,15H,1H3,(H2,21,22);1,5H,3-4H2. The van der Waals surface area contributed by atoms with Gasteiger partial charge in [-0.2, -0.15) is 17.6 Å². The molecule has 0 saturated heterocycles. The van der Waals surface area contributed by atoms with Crippen LogP contribution in [0.15, 0.2) is 112 Å². The SMILES string of the molecule is C#CCCO.CN1C(=O)C(c2ccc(OC(F)F)cc2)(c2cccc(Br)c2)N=C1N.CN1C(=O)C(c2ccc(OC(F)F)cc2)(c2cccc(C#CCCO)c2)N=C1N. The molecule has 2 aliphatic rings. The summed E-state index contributed by atoms with van der Waals surface area (Å²) in [6, 6.07) is 25.7. The molecule has 59 heavy (non-hydrogen) atoms. The smallest absolute Gasteiger partial charge is 0.387 e. The van der Waals surface area contributed by atoms with E-state index in [1.807, 2.05) is 6.07 Å². The Morgan fingerprint density at radius 2 is 1.15 bits per heavy atom. The third-order valence-electron chi connectivity index (χ3n) is 8.72. The number of nitrogens with two attached hydrogens (primary N) is 2. The van der Waals surface area contributed by atoms with Crippen LogP contribution in [0, 0.1) is 24.2 Å². The van der Waals surface area contributed by atoms with Crippen LogP contribution >= 0.6 is 15.9 Å². The maximum absolute atomic E-state index is 13.2. The number of ether oxygens (including phenoxy) is 2. The highest BCUT2D eigenvalue weighted by Gasteiger charge is 2.50. The van der Waals surface area contributed by atoms with Crippen molar-refractivity contribution in [3.8, 4) is 35.7 Å². The summed E-state index contributed by atoms with van der Waals surface area (Å²) in [6.45, 7) is -5.81. The molecule has 308 valence electrons. The number of hydrogen-bond donors (Lipinski definition) is 4. The van der Waals surface area contributed by atoms with Gasteiger partial charge in [-0.3, -0.25) is 19.4 Å². The van der Waals surface area contributed by atoms with E-state index in [2.05, 4.69) is 53.1 Å². The van der Waals surface area contributed by atoms with Crippen LogP contribution in [0.25, 0.3) is 0 Å². The maximum Gasteiger partial charge on any atom is 0.387 e. The molecule has 12 nitrogen and oxygen atoms in total. The van der Waals surface area contributed by atoms with Crippen molar-refractivity contribution in [1.29, 1.82) is 0 Å². The van der Waals surface area contributed by atoms with E-state index >= 15 is 0 Å². The number of benzene rings is 4. The average Bonchev–Trinajstić information content (AvgIpc) is 3.59. The molecule has 2 atom stereocenters. The van der Waals surface area contributed by atoms with Crippen LogP contribution < -0.4 is 20.9 Å². The van der Waals surface area contributed by atoms with Gasteiger partial charge in [-0.1, -0.05) is 76.3 Å². The predicted molar refractivity (Wildman–Crippen MR) is 216 cm³/mol. The van der Waals surface area contributed by atoms with Gasteiger partial charge in [0.05, 0.1) is 13.2 Å². The van der Waals surface area contributed by atoms with E-state index < -0.39 is 24.3 Å². The van der Waals surface area contributed by atoms with Crippen LogP contribution in [-0.4, -0.2) is 84.3 Å². The molecule has 2 heterocycles. The summed E-state index contributed by atoms with van der Waals surface area (Å²) in [5, 5.41) is 16.8. The zero-order valence-electron chi connectivity index (χ0n) is 31.7. The second-order valence-corrected chi connectivity index (χ2v) is 13.4. The summed E-state index contributed by atoms with van der Waals surface area (Å²) in [5.41, 5.74) is 11.7. The second kappa shape index (κ2) is 20.3. The fraction of sp³-hybridized carbons (Fsp3) is 0.238. The highest BCUT2D eigenvalue weighted by Crippen LogP contribution is 2.42. The molecule has 0 saturated carbocycles. The van der Waals surface area contributed by atoms with Crippen molar-refractivity contribution in [3.05, 3.63) is 129 Å². The lowest BCUT2D eigenvalue weighted by Gasteiger charge is -2.26. The first-order chi connectivity index (χ1) is 28.1. The van der Waals surface area contributed by atoms with E-state index in [1.165, 1.54) is 72.4 Å².